The smallest absolute Gasteiger partial charge is 0.335 e. The first-order chi connectivity index (χ1) is 14.3. The second-order valence-corrected chi connectivity index (χ2v) is 11.6. The highest BCUT2D eigenvalue weighted by Gasteiger charge is 2.57. The first-order valence-electron chi connectivity index (χ1n) is 10.9. The SMILES string of the molecule is O=C(O)c1ccc(S(=O)(=O)N2CCC[C@@H]2C(=O)NC2C3CCCC4(C3)CC2C4)cc1. The third-order valence-electron chi connectivity index (χ3n) is 7.91. The first-order valence-corrected chi connectivity index (χ1v) is 12.4. The van der Waals surface area contributed by atoms with Gasteiger partial charge in [-0.2, -0.15) is 4.31 Å². The quantitative estimate of drug-likeness (QED) is 0.744. The minimum atomic E-state index is -3.86. The fourth-order valence-electron chi connectivity index (χ4n) is 6.56. The van der Waals surface area contributed by atoms with Gasteiger partial charge in [-0.1, -0.05) is 6.42 Å². The molecule has 1 heterocycles. The van der Waals surface area contributed by atoms with Crippen molar-refractivity contribution < 1.29 is 23.1 Å². The lowest BCUT2D eigenvalue weighted by molar-refractivity contribution is -0.134. The van der Waals surface area contributed by atoms with E-state index in [9.17, 15) is 18.0 Å². The van der Waals surface area contributed by atoms with Gasteiger partial charge >= 0.3 is 5.97 Å². The van der Waals surface area contributed by atoms with Gasteiger partial charge in [0.2, 0.25) is 15.9 Å². The molecular weight excluding hydrogens is 404 g/mol. The third kappa shape index (κ3) is 3.15. The van der Waals surface area contributed by atoms with Crippen molar-refractivity contribution in [2.45, 2.75) is 68.3 Å². The highest BCUT2D eigenvalue weighted by molar-refractivity contribution is 7.89. The monoisotopic (exact) mass is 432 g/mol. The number of carbonyl (C=O) groups excluding carboxylic acids is 1. The molecule has 1 aromatic rings. The van der Waals surface area contributed by atoms with E-state index in [-0.39, 0.29) is 22.4 Å². The van der Waals surface area contributed by atoms with Crippen LogP contribution in [0.5, 0.6) is 0 Å². The molecule has 3 bridgehead atoms. The zero-order valence-electron chi connectivity index (χ0n) is 16.9. The van der Waals surface area contributed by atoms with Crippen molar-refractivity contribution >= 4 is 21.9 Å². The van der Waals surface area contributed by atoms with Crippen LogP contribution in [0.4, 0.5) is 0 Å². The van der Waals surface area contributed by atoms with Gasteiger partial charge in [-0.05, 0) is 86.5 Å². The number of benzene rings is 1. The number of nitrogens with one attached hydrogen (secondary N) is 1. The molecule has 2 unspecified atom stereocenters. The van der Waals surface area contributed by atoms with Crippen LogP contribution in [-0.2, 0) is 14.8 Å². The summed E-state index contributed by atoms with van der Waals surface area (Å²) in [4.78, 5) is 24.2. The Morgan fingerprint density at radius 1 is 1.03 bits per heavy atom. The van der Waals surface area contributed by atoms with Crippen LogP contribution in [0.25, 0.3) is 0 Å². The van der Waals surface area contributed by atoms with Crippen molar-refractivity contribution in [3.63, 3.8) is 0 Å². The van der Waals surface area contributed by atoms with Crippen LogP contribution in [-0.4, -0.2) is 48.3 Å². The molecule has 2 N–H and O–H groups in total. The molecule has 162 valence electrons. The first kappa shape index (κ1) is 20.0. The second-order valence-electron chi connectivity index (χ2n) is 9.66. The number of sulfonamides is 1. The predicted octanol–water partition coefficient (Wildman–Crippen LogP) is 2.62. The van der Waals surface area contributed by atoms with Crippen LogP contribution in [0.1, 0.15) is 61.7 Å². The van der Waals surface area contributed by atoms with E-state index in [1.165, 1.54) is 60.7 Å². The number of aromatic carboxylic acids is 1. The van der Waals surface area contributed by atoms with Crippen molar-refractivity contribution in [3.05, 3.63) is 29.8 Å². The Hall–Kier alpha value is -1.93. The molecule has 8 heteroatoms. The van der Waals surface area contributed by atoms with E-state index in [0.717, 1.165) is 6.42 Å². The van der Waals surface area contributed by atoms with Gasteiger partial charge < -0.3 is 10.4 Å². The van der Waals surface area contributed by atoms with Crippen molar-refractivity contribution in [3.8, 4) is 0 Å². The topological polar surface area (TPSA) is 104 Å². The normalized spacial score (nSPS) is 35.5. The maximum absolute atomic E-state index is 13.2. The lowest BCUT2D eigenvalue weighted by Crippen LogP contribution is -2.62. The molecule has 5 fully saturated rings. The molecule has 0 aromatic heterocycles. The van der Waals surface area contributed by atoms with Crippen molar-refractivity contribution in [2.24, 2.45) is 17.3 Å². The molecule has 3 atom stereocenters. The minimum absolute atomic E-state index is 0.0286. The van der Waals surface area contributed by atoms with Gasteiger partial charge in [0.25, 0.3) is 0 Å². The number of carboxylic acid groups (broad SMARTS) is 1. The lowest BCUT2D eigenvalue weighted by Gasteiger charge is -2.62. The summed E-state index contributed by atoms with van der Waals surface area (Å²) >= 11 is 0. The summed E-state index contributed by atoms with van der Waals surface area (Å²) in [5, 5.41) is 12.3. The maximum Gasteiger partial charge on any atom is 0.335 e. The summed E-state index contributed by atoms with van der Waals surface area (Å²) in [6.45, 7) is 0.307. The Kier molecular flexibility index (Phi) is 4.70. The Morgan fingerprint density at radius 2 is 1.73 bits per heavy atom. The van der Waals surface area contributed by atoms with Gasteiger partial charge in [0.1, 0.15) is 6.04 Å². The standard InChI is InChI=1S/C22H28N2O5S/c25-20(23-19-15-3-1-9-22(11-15)12-16(19)13-22)18-4-2-10-24(18)30(28,29)17-7-5-14(6-8-17)21(26)27/h5-8,15-16,18-19H,1-4,9-13H2,(H,23,25)(H,26,27)/t15?,16?,18-,19?,22?/m1/s1. The van der Waals surface area contributed by atoms with Gasteiger partial charge in [0, 0.05) is 12.6 Å². The van der Waals surface area contributed by atoms with Crippen LogP contribution in [0, 0.1) is 17.3 Å². The molecule has 4 aliphatic carbocycles. The molecule has 30 heavy (non-hydrogen) atoms. The number of carbonyl (C=O) groups is 2. The summed E-state index contributed by atoms with van der Waals surface area (Å²) in [7, 11) is -3.86. The summed E-state index contributed by atoms with van der Waals surface area (Å²) in [6.07, 6.45) is 8.50. The molecule has 1 aliphatic heterocycles. The Balaban J connectivity index is 1.32. The van der Waals surface area contributed by atoms with E-state index < -0.39 is 22.0 Å². The Bertz CT molecular complexity index is 968. The molecular formula is C22H28N2O5S. The van der Waals surface area contributed by atoms with Crippen molar-refractivity contribution in [1.82, 2.24) is 9.62 Å². The number of nitrogens with zero attached hydrogens (tertiary/aromatic N) is 1. The molecule has 6 rings (SSSR count). The number of carboxylic acids is 1. The zero-order valence-corrected chi connectivity index (χ0v) is 17.7. The van der Waals surface area contributed by atoms with Crippen LogP contribution >= 0.6 is 0 Å². The van der Waals surface area contributed by atoms with Crippen LogP contribution in [0.2, 0.25) is 0 Å². The van der Waals surface area contributed by atoms with Crippen molar-refractivity contribution in [2.75, 3.05) is 6.54 Å². The predicted molar refractivity (Wildman–Crippen MR) is 109 cm³/mol. The van der Waals surface area contributed by atoms with Crippen LogP contribution < -0.4 is 5.32 Å². The highest BCUT2D eigenvalue weighted by Crippen LogP contribution is 2.63. The van der Waals surface area contributed by atoms with Gasteiger partial charge in [-0.3, -0.25) is 4.79 Å². The van der Waals surface area contributed by atoms with Gasteiger partial charge in [-0.25, -0.2) is 13.2 Å². The number of amides is 1. The molecule has 4 saturated carbocycles. The summed E-state index contributed by atoms with van der Waals surface area (Å²) in [5.74, 6) is -0.200. The molecule has 7 nitrogen and oxygen atoms in total. The van der Waals surface area contributed by atoms with Crippen LogP contribution in [0.15, 0.2) is 29.2 Å². The fraction of sp³-hybridized carbons (Fsp3) is 0.636. The van der Waals surface area contributed by atoms with E-state index in [0.29, 0.717) is 36.6 Å². The maximum atomic E-state index is 13.2. The van der Waals surface area contributed by atoms with Gasteiger partial charge in [-0.15, -0.1) is 0 Å². The molecule has 1 saturated heterocycles. The summed E-state index contributed by atoms with van der Waals surface area (Å²) in [5.41, 5.74) is 0.575. The Labute approximate surface area is 176 Å². The van der Waals surface area contributed by atoms with Crippen molar-refractivity contribution in [1.29, 1.82) is 0 Å². The van der Waals surface area contributed by atoms with E-state index in [1.807, 2.05) is 0 Å². The van der Waals surface area contributed by atoms with Crippen LogP contribution in [0.3, 0.4) is 0 Å². The third-order valence-corrected chi connectivity index (χ3v) is 9.83. The summed E-state index contributed by atoms with van der Waals surface area (Å²) in [6, 6.07) is 4.68. The molecule has 1 aromatic carbocycles. The average Bonchev–Trinajstić information content (AvgIpc) is 3.20. The molecule has 1 amide bonds. The zero-order chi connectivity index (χ0) is 21.1. The minimum Gasteiger partial charge on any atom is -0.478 e. The largest absolute Gasteiger partial charge is 0.478 e. The summed E-state index contributed by atoms with van der Waals surface area (Å²) < 4.78 is 27.6. The average molecular weight is 433 g/mol. The molecule has 1 spiro atoms. The lowest BCUT2D eigenvalue weighted by atomic mass is 9.45. The fourth-order valence-corrected chi connectivity index (χ4v) is 8.22. The molecule has 0 radical (unpaired) electrons. The highest BCUT2D eigenvalue weighted by atomic mass is 32.2. The Morgan fingerprint density at radius 3 is 2.43 bits per heavy atom. The van der Waals surface area contributed by atoms with Gasteiger partial charge in [0.05, 0.1) is 10.5 Å². The molecule has 5 aliphatic rings. The number of hydrogen-bond donors (Lipinski definition) is 2. The van der Waals surface area contributed by atoms with E-state index in [1.54, 1.807) is 0 Å². The van der Waals surface area contributed by atoms with Gasteiger partial charge in [0.15, 0.2) is 0 Å². The van der Waals surface area contributed by atoms with E-state index in [2.05, 4.69) is 5.32 Å². The number of rotatable bonds is 5. The second kappa shape index (κ2) is 7.05. The number of hydrogen-bond acceptors (Lipinski definition) is 4. The van der Waals surface area contributed by atoms with E-state index >= 15 is 0 Å². The van der Waals surface area contributed by atoms with E-state index in [4.69, 9.17) is 5.11 Å².